The van der Waals surface area contributed by atoms with E-state index in [-0.39, 0.29) is 5.91 Å². The summed E-state index contributed by atoms with van der Waals surface area (Å²) in [5, 5.41) is 17.0. The van der Waals surface area contributed by atoms with E-state index in [1.54, 1.807) is 20.3 Å². The Bertz CT molecular complexity index is 1070. The lowest BCUT2D eigenvalue weighted by molar-refractivity contribution is -0.192. The highest BCUT2D eigenvalue weighted by atomic mass is 19.4. The van der Waals surface area contributed by atoms with Gasteiger partial charge in [0.05, 0.1) is 19.9 Å². The first-order valence-electron chi connectivity index (χ1n) is 9.55. The topological polar surface area (TPSA) is 114 Å². The van der Waals surface area contributed by atoms with Crippen molar-refractivity contribution in [3.05, 3.63) is 65.9 Å². The van der Waals surface area contributed by atoms with Crippen LogP contribution in [0.15, 0.2) is 54.6 Å². The lowest BCUT2D eigenvalue weighted by atomic mass is 10.1. The van der Waals surface area contributed by atoms with Gasteiger partial charge in [-0.2, -0.15) is 18.3 Å². The number of carboxylic acid groups (broad SMARTS) is 1. The molecule has 0 saturated heterocycles. The Morgan fingerprint density at radius 1 is 1.03 bits per heavy atom. The minimum absolute atomic E-state index is 0.180. The quantitative estimate of drug-likeness (QED) is 0.490. The van der Waals surface area contributed by atoms with E-state index in [0.717, 1.165) is 16.8 Å². The van der Waals surface area contributed by atoms with Gasteiger partial charge >= 0.3 is 12.1 Å². The molecule has 0 aliphatic rings. The average Bonchev–Trinajstić information content (AvgIpc) is 3.30. The summed E-state index contributed by atoms with van der Waals surface area (Å²) in [6.45, 7) is 0.508. The number of aromatic nitrogens is 2. The van der Waals surface area contributed by atoms with Gasteiger partial charge in [0.1, 0.15) is 5.69 Å². The number of hydrogen-bond acceptors (Lipinski definition) is 5. The molecular formula is C22H22F3N3O5. The molecule has 0 saturated carbocycles. The molecule has 11 heteroatoms. The molecule has 1 amide bonds. The van der Waals surface area contributed by atoms with Crippen molar-refractivity contribution >= 4 is 11.9 Å². The van der Waals surface area contributed by atoms with E-state index in [0.29, 0.717) is 30.2 Å². The number of halogens is 3. The number of aliphatic carboxylic acids is 1. The monoisotopic (exact) mass is 465 g/mol. The zero-order valence-corrected chi connectivity index (χ0v) is 17.8. The highest BCUT2D eigenvalue weighted by Gasteiger charge is 2.38. The summed E-state index contributed by atoms with van der Waals surface area (Å²) in [4.78, 5) is 21.2. The van der Waals surface area contributed by atoms with Crippen LogP contribution >= 0.6 is 0 Å². The highest BCUT2D eigenvalue weighted by molar-refractivity contribution is 5.93. The maximum atomic E-state index is 12.3. The van der Waals surface area contributed by atoms with Gasteiger partial charge in [0, 0.05) is 12.1 Å². The number of aromatic amines is 1. The van der Waals surface area contributed by atoms with E-state index in [1.165, 1.54) is 0 Å². The standard InChI is InChI=1S/C20H21N3O3.C2HF3O2/c1-25-18-9-8-14(12-19(18)26-2)10-11-21-20(24)17-13-16(22-23-17)15-6-4-3-5-7-15;3-2(4,5)1(6)7/h3-9,12-13H,10-11H2,1-2H3,(H,21,24)(H,22,23);(H,6,7). The summed E-state index contributed by atoms with van der Waals surface area (Å²) >= 11 is 0. The van der Waals surface area contributed by atoms with Crippen LogP contribution in [0.3, 0.4) is 0 Å². The summed E-state index contributed by atoms with van der Waals surface area (Å²) in [7, 11) is 3.21. The summed E-state index contributed by atoms with van der Waals surface area (Å²) in [6, 6.07) is 17.2. The van der Waals surface area contributed by atoms with Crippen molar-refractivity contribution in [1.29, 1.82) is 0 Å². The van der Waals surface area contributed by atoms with Crippen molar-refractivity contribution in [1.82, 2.24) is 15.5 Å². The van der Waals surface area contributed by atoms with Crippen molar-refractivity contribution in [3.8, 4) is 22.8 Å². The molecular weight excluding hydrogens is 443 g/mol. The van der Waals surface area contributed by atoms with Crippen LogP contribution in [0.1, 0.15) is 16.1 Å². The molecule has 0 spiro atoms. The first kappa shape index (κ1) is 25.2. The van der Waals surface area contributed by atoms with Crippen LogP contribution in [-0.2, 0) is 11.2 Å². The van der Waals surface area contributed by atoms with E-state index in [9.17, 15) is 18.0 Å². The number of amides is 1. The van der Waals surface area contributed by atoms with E-state index in [2.05, 4.69) is 15.5 Å². The maximum Gasteiger partial charge on any atom is 0.490 e. The molecule has 0 aliphatic heterocycles. The summed E-state index contributed by atoms with van der Waals surface area (Å²) in [6.07, 6.45) is -4.40. The lowest BCUT2D eigenvalue weighted by Crippen LogP contribution is -2.26. The Morgan fingerprint density at radius 3 is 2.24 bits per heavy atom. The van der Waals surface area contributed by atoms with E-state index < -0.39 is 12.1 Å². The van der Waals surface area contributed by atoms with Crippen LogP contribution in [0, 0.1) is 0 Å². The predicted molar refractivity (Wildman–Crippen MR) is 113 cm³/mol. The zero-order valence-electron chi connectivity index (χ0n) is 17.8. The van der Waals surface area contributed by atoms with Gasteiger partial charge in [-0.25, -0.2) is 4.79 Å². The number of ether oxygens (including phenoxy) is 2. The Labute approximate surface area is 187 Å². The molecule has 3 aromatic rings. The Kier molecular flexibility index (Phi) is 8.84. The molecule has 0 radical (unpaired) electrons. The third kappa shape index (κ3) is 7.56. The van der Waals surface area contributed by atoms with Gasteiger partial charge < -0.3 is 19.9 Å². The number of nitrogens with one attached hydrogen (secondary N) is 2. The van der Waals surface area contributed by atoms with Gasteiger partial charge in [-0.3, -0.25) is 9.89 Å². The zero-order chi connectivity index (χ0) is 24.4. The van der Waals surface area contributed by atoms with Crippen LogP contribution in [0.25, 0.3) is 11.3 Å². The van der Waals surface area contributed by atoms with Crippen LogP contribution in [0.4, 0.5) is 13.2 Å². The normalized spacial score (nSPS) is 10.6. The number of carbonyl (C=O) groups is 2. The summed E-state index contributed by atoms with van der Waals surface area (Å²) < 4.78 is 42.3. The van der Waals surface area contributed by atoms with Gasteiger partial charge in [-0.15, -0.1) is 0 Å². The number of rotatable bonds is 7. The van der Waals surface area contributed by atoms with Crippen molar-refractivity contribution in [2.24, 2.45) is 0 Å². The molecule has 3 rings (SSSR count). The molecule has 1 aromatic heterocycles. The third-order valence-electron chi connectivity index (χ3n) is 4.28. The van der Waals surface area contributed by atoms with E-state index >= 15 is 0 Å². The fourth-order valence-corrected chi connectivity index (χ4v) is 2.65. The number of methoxy groups -OCH3 is 2. The lowest BCUT2D eigenvalue weighted by Gasteiger charge is -2.09. The minimum Gasteiger partial charge on any atom is -0.493 e. The van der Waals surface area contributed by atoms with Gasteiger partial charge in [0.25, 0.3) is 5.91 Å². The average molecular weight is 465 g/mol. The number of carbonyl (C=O) groups excluding carboxylic acids is 1. The fourth-order valence-electron chi connectivity index (χ4n) is 2.65. The number of carboxylic acids is 1. The number of H-pyrrole nitrogens is 1. The van der Waals surface area contributed by atoms with Crippen LogP contribution < -0.4 is 14.8 Å². The maximum absolute atomic E-state index is 12.3. The second kappa shape index (κ2) is 11.6. The van der Waals surface area contributed by atoms with Crippen LogP contribution in [-0.4, -0.2) is 54.1 Å². The molecule has 1 heterocycles. The third-order valence-corrected chi connectivity index (χ3v) is 4.28. The number of benzene rings is 2. The first-order valence-corrected chi connectivity index (χ1v) is 9.55. The van der Waals surface area contributed by atoms with Crippen molar-refractivity contribution in [2.75, 3.05) is 20.8 Å². The largest absolute Gasteiger partial charge is 0.493 e. The molecule has 0 aliphatic carbocycles. The summed E-state index contributed by atoms with van der Waals surface area (Å²) in [5.74, 6) is -1.57. The van der Waals surface area contributed by atoms with Gasteiger partial charge in [0.15, 0.2) is 11.5 Å². The van der Waals surface area contributed by atoms with Crippen LogP contribution in [0.2, 0.25) is 0 Å². The molecule has 0 unspecified atom stereocenters. The van der Waals surface area contributed by atoms with Crippen molar-refractivity contribution < 1.29 is 37.3 Å². The second-order valence-corrected chi connectivity index (χ2v) is 6.53. The molecule has 33 heavy (non-hydrogen) atoms. The predicted octanol–water partition coefficient (Wildman–Crippen LogP) is 3.70. The second-order valence-electron chi connectivity index (χ2n) is 6.53. The molecule has 0 atom stereocenters. The van der Waals surface area contributed by atoms with Gasteiger partial charge in [0.2, 0.25) is 0 Å². The van der Waals surface area contributed by atoms with E-state index in [4.69, 9.17) is 19.4 Å². The molecule has 2 aromatic carbocycles. The number of alkyl halides is 3. The number of hydrogen-bond donors (Lipinski definition) is 3. The van der Waals surface area contributed by atoms with Crippen molar-refractivity contribution in [3.63, 3.8) is 0 Å². The molecule has 3 N–H and O–H groups in total. The van der Waals surface area contributed by atoms with Gasteiger partial charge in [-0.1, -0.05) is 36.4 Å². The Hall–Kier alpha value is -4.02. The molecule has 176 valence electrons. The van der Waals surface area contributed by atoms with Crippen molar-refractivity contribution in [2.45, 2.75) is 12.6 Å². The van der Waals surface area contributed by atoms with E-state index in [1.807, 2.05) is 48.5 Å². The molecule has 0 fully saturated rings. The fraction of sp³-hybridized carbons (Fsp3) is 0.227. The first-order chi connectivity index (χ1) is 15.7. The highest BCUT2D eigenvalue weighted by Crippen LogP contribution is 2.27. The minimum atomic E-state index is -5.08. The molecule has 0 bridgehead atoms. The SMILES string of the molecule is COc1ccc(CCNC(=O)c2cc(-c3ccccc3)n[nH]2)cc1OC.O=C(O)C(F)(F)F. The van der Waals surface area contributed by atoms with Crippen LogP contribution in [0.5, 0.6) is 11.5 Å². The number of nitrogens with zero attached hydrogens (tertiary/aromatic N) is 1. The van der Waals surface area contributed by atoms with Gasteiger partial charge in [-0.05, 0) is 30.2 Å². The summed E-state index contributed by atoms with van der Waals surface area (Å²) in [5.41, 5.74) is 3.21. The smallest absolute Gasteiger partial charge is 0.490 e. The Balaban J connectivity index is 0.000000479. The molecule has 8 nitrogen and oxygen atoms in total. The Morgan fingerprint density at radius 2 is 1.67 bits per heavy atom.